The summed E-state index contributed by atoms with van der Waals surface area (Å²) in [5.74, 6) is 0.228. The summed E-state index contributed by atoms with van der Waals surface area (Å²) >= 11 is 0. The lowest BCUT2D eigenvalue weighted by Crippen LogP contribution is -2.02. The minimum atomic E-state index is 0.228. The molecule has 0 aliphatic heterocycles. The fourth-order valence-corrected chi connectivity index (χ4v) is 1.22. The van der Waals surface area contributed by atoms with E-state index in [1.807, 2.05) is 18.2 Å². The van der Waals surface area contributed by atoms with Crippen molar-refractivity contribution in [2.45, 2.75) is 19.8 Å². The molecule has 2 nitrogen and oxygen atoms in total. The van der Waals surface area contributed by atoms with Crippen LogP contribution < -0.4 is 0 Å². The molecule has 0 bridgehead atoms. The second kappa shape index (κ2) is 4.65. The summed E-state index contributed by atoms with van der Waals surface area (Å²) in [4.78, 5) is 0. The minimum absolute atomic E-state index is 0.228. The third-order valence-corrected chi connectivity index (χ3v) is 1.99. The second-order valence-electron chi connectivity index (χ2n) is 3.11. The van der Waals surface area contributed by atoms with Gasteiger partial charge in [-0.3, -0.25) is 5.41 Å². The number of ether oxygens (including phenoxy) is 1. The van der Waals surface area contributed by atoms with Gasteiger partial charge in [0.25, 0.3) is 0 Å². The highest BCUT2D eigenvalue weighted by atomic mass is 16.5. The molecule has 1 aliphatic carbocycles. The Morgan fingerprint density at radius 1 is 1.54 bits per heavy atom. The van der Waals surface area contributed by atoms with Gasteiger partial charge in [-0.15, -0.1) is 0 Å². The lowest BCUT2D eigenvalue weighted by atomic mass is 10.0. The monoisotopic (exact) mass is 177 g/mol. The molecular weight excluding hydrogens is 162 g/mol. The van der Waals surface area contributed by atoms with Crippen LogP contribution in [0.5, 0.6) is 0 Å². The van der Waals surface area contributed by atoms with Crippen molar-refractivity contribution < 1.29 is 4.74 Å². The Labute approximate surface area is 79.1 Å². The molecule has 0 atom stereocenters. The normalized spacial score (nSPS) is 27.2. The SMILES string of the molecule is COC(=N)C1=C/C=C\CC/C(C)=C\1. The molecule has 0 radical (unpaired) electrons. The molecule has 0 saturated heterocycles. The maximum Gasteiger partial charge on any atom is 0.212 e. The zero-order chi connectivity index (χ0) is 9.68. The van der Waals surface area contributed by atoms with Gasteiger partial charge in [0.05, 0.1) is 7.11 Å². The number of methoxy groups -OCH3 is 1. The van der Waals surface area contributed by atoms with Gasteiger partial charge < -0.3 is 4.74 Å². The molecule has 0 amide bonds. The molecule has 70 valence electrons. The molecule has 0 saturated carbocycles. The molecule has 13 heavy (non-hydrogen) atoms. The minimum Gasteiger partial charge on any atom is -0.481 e. The van der Waals surface area contributed by atoms with Crippen LogP contribution in [0.25, 0.3) is 0 Å². The smallest absolute Gasteiger partial charge is 0.212 e. The van der Waals surface area contributed by atoms with Gasteiger partial charge in [0, 0.05) is 5.57 Å². The van der Waals surface area contributed by atoms with Crippen molar-refractivity contribution >= 4 is 5.90 Å². The zero-order valence-electron chi connectivity index (χ0n) is 8.13. The first-order valence-electron chi connectivity index (χ1n) is 4.41. The molecule has 0 aromatic rings. The summed E-state index contributed by atoms with van der Waals surface area (Å²) in [5.41, 5.74) is 2.13. The Kier molecular flexibility index (Phi) is 3.50. The Morgan fingerprint density at radius 2 is 2.31 bits per heavy atom. The number of rotatable bonds is 1. The molecule has 1 N–H and O–H groups in total. The first kappa shape index (κ1) is 9.78. The number of nitrogens with one attached hydrogen (secondary N) is 1. The average molecular weight is 177 g/mol. The largest absolute Gasteiger partial charge is 0.481 e. The molecule has 1 rings (SSSR count). The van der Waals surface area contributed by atoms with E-state index in [0.717, 1.165) is 18.4 Å². The third kappa shape index (κ3) is 2.90. The molecule has 0 spiro atoms. The predicted molar refractivity (Wildman–Crippen MR) is 54.9 cm³/mol. The summed E-state index contributed by atoms with van der Waals surface area (Å²) < 4.78 is 4.87. The Hall–Kier alpha value is -1.31. The van der Waals surface area contributed by atoms with E-state index >= 15 is 0 Å². The van der Waals surface area contributed by atoms with Crippen molar-refractivity contribution in [2.75, 3.05) is 7.11 Å². The van der Waals surface area contributed by atoms with Gasteiger partial charge in [0.1, 0.15) is 0 Å². The van der Waals surface area contributed by atoms with Crippen LogP contribution in [0.1, 0.15) is 19.8 Å². The van der Waals surface area contributed by atoms with Crippen molar-refractivity contribution in [3.05, 3.63) is 35.5 Å². The van der Waals surface area contributed by atoms with Gasteiger partial charge in [-0.2, -0.15) is 0 Å². The maximum atomic E-state index is 7.52. The van der Waals surface area contributed by atoms with Crippen LogP contribution in [0.2, 0.25) is 0 Å². The second-order valence-corrected chi connectivity index (χ2v) is 3.11. The van der Waals surface area contributed by atoms with Crippen molar-refractivity contribution in [3.63, 3.8) is 0 Å². The molecule has 0 aromatic carbocycles. The molecule has 1 aliphatic rings. The Bertz CT molecular complexity index is 284. The summed E-state index contributed by atoms with van der Waals surface area (Å²) in [7, 11) is 1.52. The van der Waals surface area contributed by atoms with Crippen LogP contribution in [0, 0.1) is 5.41 Å². The lowest BCUT2D eigenvalue weighted by Gasteiger charge is -2.06. The molecule has 0 aromatic heterocycles. The molecule has 0 fully saturated rings. The van der Waals surface area contributed by atoms with Crippen molar-refractivity contribution in [1.29, 1.82) is 5.41 Å². The van der Waals surface area contributed by atoms with E-state index in [2.05, 4.69) is 13.0 Å². The van der Waals surface area contributed by atoms with Crippen molar-refractivity contribution in [2.24, 2.45) is 0 Å². The van der Waals surface area contributed by atoms with Crippen molar-refractivity contribution in [3.8, 4) is 0 Å². The van der Waals surface area contributed by atoms with Gasteiger partial charge in [0.15, 0.2) is 0 Å². The standard InChI is InChI=1S/C11H15NO/c1-9-6-4-3-5-7-10(8-9)11(12)13-2/h3,5,7-8,12H,4,6H2,1-2H3/b5-3-,9-8-,10-7+,12-11?. The van der Waals surface area contributed by atoms with Crippen LogP contribution in [-0.4, -0.2) is 13.0 Å². The predicted octanol–water partition coefficient (Wildman–Crippen LogP) is 2.83. The zero-order valence-corrected chi connectivity index (χ0v) is 8.13. The average Bonchev–Trinajstić information content (AvgIpc) is 2.10. The Balaban J connectivity index is 2.89. The lowest BCUT2D eigenvalue weighted by molar-refractivity contribution is 0.401. The fourth-order valence-electron chi connectivity index (χ4n) is 1.22. The summed E-state index contributed by atoms with van der Waals surface area (Å²) in [6.45, 7) is 2.08. The van der Waals surface area contributed by atoms with Gasteiger partial charge >= 0.3 is 0 Å². The Morgan fingerprint density at radius 3 is 3.00 bits per heavy atom. The fraction of sp³-hybridized carbons (Fsp3) is 0.364. The highest BCUT2D eigenvalue weighted by Gasteiger charge is 2.02. The quantitative estimate of drug-likeness (QED) is 0.485. The van der Waals surface area contributed by atoms with E-state index < -0.39 is 0 Å². The first-order valence-corrected chi connectivity index (χ1v) is 4.41. The van der Waals surface area contributed by atoms with E-state index in [1.165, 1.54) is 12.7 Å². The van der Waals surface area contributed by atoms with Crippen LogP contribution in [0.4, 0.5) is 0 Å². The van der Waals surface area contributed by atoms with Crippen LogP contribution in [-0.2, 0) is 4.74 Å². The molecule has 0 unspecified atom stereocenters. The van der Waals surface area contributed by atoms with Crippen LogP contribution in [0.3, 0.4) is 0 Å². The van der Waals surface area contributed by atoms with E-state index in [1.54, 1.807) is 0 Å². The first-order chi connectivity index (χ1) is 6.24. The number of hydrogen-bond donors (Lipinski definition) is 1. The van der Waals surface area contributed by atoms with E-state index in [0.29, 0.717) is 0 Å². The summed E-state index contributed by atoms with van der Waals surface area (Å²) in [6, 6.07) is 0. The summed E-state index contributed by atoms with van der Waals surface area (Å²) in [6.07, 6.45) is 10.1. The third-order valence-electron chi connectivity index (χ3n) is 1.99. The van der Waals surface area contributed by atoms with Crippen LogP contribution in [0.15, 0.2) is 35.5 Å². The molecular formula is C11H15NO. The van der Waals surface area contributed by atoms with Crippen molar-refractivity contribution in [1.82, 2.24) is 0 Å². The molecule has 2 heteroatoms. The topological polar surface area (TPSA) is 33.1 Å². The van der Waals surface area contributed by atoms with Gasteiger partial charge in [-0.25, -0.2) is 0 Å². The van der Waals surface area contributed by atoms with E-state index in [-0.39, 0.29) is 5.90 Å². The van der Waals surface area contributed by atoms with E-state index in [9.17, 15) is 0 Å². The number of allylic oxidation sites excluding steroid dienone is 4. The maximum absolute atomic E-state index is 7.52. The molecule has 0 heterocycles. The van der Waals surface area contributed by atoms with Gasteiger partial charge in [0.2, 0.25) is 5.90 Å². The van der Waals surface area contributed by atoms with Gasteiger partial charge in [-0.05, 0) is 25.8 Å². The summed E-state index contributed by atoms with van der Waals surface area (Å²) in [5, 5.41) is 7.52. The highest BCUT2D eigenvalue weighted by Crippen LogP contribution is 2.13. The van der Waals surface area contributed by atoms with E-state index in [4.69, 9.17) is 10.1 Å². The van der Waals surface area contributed by atoms with Crippen LogP contribution >= 0.6 is 0 Å². The number of hydrogen-bond acceptors (Lipinski definition) is 2. The van der Waals surface area contributed by atoms with Gasteiger partial charge in [-0.1, -0.05) is 23.8 Å². The highest BCUT2D eigenvalue weighted by molar-refractivity contribution is 5.94.